The third-order valence-corrected chi connectivity index (χ3v) is 1.59. The minimum Gasteiger partial charge on any atom is -0.390 e. The van der Waals surface area contributed by atoms with Gasteiger partial charge in [-0.2, -0.15) is 0 Å². The van der Waals surface area contributed by atoms with Crippen molar-refractivity contribution in [2.24, 2.45) is 0 Å². The molecule has 0 saturated carbocycles. The number of hydrogen-bond donors (Lipinski definition) is 2. The fourth-order valence-corrected chi connectivity index (χ4v) is 0.816. The molecule has 0 bridgehead atoms. The number of nitrogens with zero attached hydrogens (tertiary/aromatic N) is 2. The van der Waals surface area contributed by atoms with Crippen molar-refractivity contribution in [2.75, 3.05) is 5.32 Å². The summed E-state index contributed by atoms with van der Waals surface area (Å²) < 4.78 is 0. The van der Waals surface area contributed by atoms with Gasteiger partial charge in [-0.15, -0.1) is 6.58 Å². The third-order valence-electron chi connectivity index (χ3n) is 1.59. The maximum Gasteiger partial charge on any atom is 0.223 e. The van der Waals surface area contributed by atoms with Crippen molar-refractivity contribution in [3.8, 4) is 0 Å². The van der Waals surface area contributed by atoms with Crippen molar-refractivity contribution < 1.29 is 5.11 Å². The Bertz CT molecular complexity index is 288. The van der Waals surface area contributed by atoms with Gasteiger partial charge >= 0.3 is 0 Å². The standard InChI is InChI=1S/C9H13N3O/c1-3-7(2)11-9-10-5-4-8(6-13)12-9/h3-5,7,13H,1,6H2,2H3,(H,10,11,12). The number of aliphatic hydroxyl groups is 1. The minimum absolute atomic E-state index is 0.0698. The van der Waals surface area contributed by atoms with Crippen LogP contribution in [0.2, 0.25) is 0 Å². The first-order valence-corrected chi connectivity index (χ1v) is 4.08. The van der Waals surface area contributed by atoms with Gasteiger partial charge in [-0.3, -0.25) is 0 Å². The number of aliphatic hydroxyl groups excluding tert-OH is 1. The van der Waals surface area contributed by atoms with Crippen molar-refractivity contribution in [2.45, 2.75) is 19.6 Å². The highest BCUT2D eigenvalue weighted by Gasteiger charge is 2.00. The molecule has 0 amide bonds. The molecule has 0 fully saturated rings. The highest BCUT2D eigenvalue weighted by molar-refractivity contribution is 5.27. The summed E-state index contributed by atoms with van der Waals surface area (Å²) in [6, 6.07) is 1.79. The van der Waals surface area contributed by atoms with E-state index in [4.69, 9.17) is 5.11 Å². The van der Waals surface area contributed by atoms with Gasteiger partial charge in [-0.25, -0.2) is 9.97 Å². The Hall–Kier alpha value is -1.42. The summed E-state index contributed by atoms with van der Waals surface area (Å²) >= 11 is 0. The van der Waals surface area contributed by atoms with E-state index in [0.717, 1.165) is 0 Å². The Morgan fingerprint density at radius 2 is 2.54 bits per heavy atom. The molecular weight excluding hydrogens is 166 g/mol. The zero-order valence-electron chi connectivity index (χ0n) is 7.57. The van der Waals surface area contributed by atoms with E-state index in [-0.39, 0.29) is 12.6 Å². The lowest BCUT2D eigenvalue weighted by Crippen LogP contribution is -2.14. The number of nitrogens with one attached hydrogen (secondary N) is 1. The monoisotopic (exact) mass is 179 g/mol. The molecule has 70 valence electrons. The number of rotatable bonds is 4. The smallest absolute Gasteiger partial charge is 0.223 e. The fourth-order valence-electron chi connectivity index (χ4n) is 0.816. The lowest BCUT2D eigenvalue weighted by atomic mass is 10.3. The molecule has 0 aliphatic rings. The first kappa shape index (κ1) is 9.67. The zero-order chi connectivity index (χ0) is 9.68. The summed E-state index contributed by atoms with van der Waals surface area (Å²) in [6.45, 7) is 5.51. The van der Waals surface area contributed by atoms with E-state index >= 15 is 0 Å². The average Bonchev–Trinajstić information content (AvgIpc) is 2.18. The molecule has 0 spiro atoms. The summed E-state index contributed by atoms with van der Waals surface area (Å²) in [5.74, 6) is 0.513. The predicted octanol–water partition coefficient (Wildman–Crippen LogP) is 0.955. The fraction of sp³-hybridized carbons (Fsp3) is 0.333. The van der Waals surface area contributed by atoms with E-state index in [0.29, 0.717) is 11.6 Å². The predicted molar refractivity (Wildman–Crippen MR) is 51.2 cm³/mol. The lowest BCUT2D eigenvalue weighted by Gasteiger charge is -2.08. The van der Waals surface area contributed by atoms with Crippen LogP contribution in [-0.4, -0.2) is 21.1 Å². The van der Waals surface area contributed by atoms with Gasteiger partial charge in [-0.1, -0.05) is 6.08 Å². The number of anilines is 1. The molecule has 0 saturated heterocycles. The van der Waals surface area contributed by atoms with E-state index in [1.807, 2.05) is 6.92 Å². The van der Waals surface area contributed by atoms with Crippen LogP contribution in [-0.2, 0) is 6.61 Å². The van der Waals surface area contributed by atoms with Crippen molar-refractivity contribution in [3.63, 3.8) is 0 Å². The second-order valence-electron chi connectivity index (χ2n) is 2.70. The van der Waals surface area contributed by atoms with Crippen molar-refractivity contribution in [3.05, 3.63) is 30.6 Å². The topological polar surface area (TPSA) is 58.0 Å². The van der Waals surface area contributed by atoms with Crippen LogP contribution < -0.4 is 5.32 Å². The van der Waals surface area contributed by atoms with Crippen LogP contribution in [0.25, 0.3) is 0 Å². The van der Waals surface area contributed by atoms with Gasteiger partial charge in [0.1, 0.15) is 0 Å². The van der Waals surface area contributed by atoms with Crippen LogP contribution in [0.5, 0.6) is 0 Å². The van der Waals surface area contributed by atoms with Crippen LogP contribution in [0.15, 0.2) is 24.9 Å². The molecule has 1 rings (SSSR count). The SMILES string of the molecule is C=CC(C)Nc1nccc(CO)n1. The van der Waals surface area contributed by atoms with Crippen LogP contribution in [0.4, 0.5) is 5.95 Å². The second kappa shape index (κ2) is 4.57. The van der Waals surface area contributed by atoms with Crippen LogP contribution in [0.1, 0.15) is 12.6 Å². The quantitative estimate of drug-likeness (QED) is 0.676. The largest absolute Gasteiger partial charge is 0.390 e. The first-order valence-electron chi connectivity index (χ1n) is 4.08. The summed E-state index contributed by atoms with van der Waals surface area (Å²) in [6.07, 6.45) is 3.37. The van der Waals surface area contributed by atoms with Crippen molar-refractivity contribution in [1.29, 1.82) is 0 Å². The van der Waals surface area contributed by atoms with Crippen molar-refractivity contribution >= 4 is 5.95 Å². The molecule has 1 aromatic heterocycles. The molecule has 1 unspecified atom stereocenters. The summed E-state index contributed by atoms with van der Waals surface area (Å²) in [5.41, 5.74) is 0.605. The van der Waals surface area contributed by atoms with E-state index in [1.165, 1.54) is 0 Å². The number of hydrogen-bond acceptors (Lipinski definition) is 4. The van der Waals surface area contributed by atoms with Gasteiger partial charge in [-0.05, 0) is 13.0 Å². The van der Waals surface area contributed by atoms with Gasteiger partial charge in [0, 0.05) is 12.2 Å². The molecule has 0 aliphatic carbocycles. The normalized spacial score (nSPS) is 12.2. The van der Waals surface area contributed by atoms with E-state index in [9.17, 15) is 0 Å². The Labute approximate surface area is 77.3 Å². The Balaban J connectivity index is 2.71. The Kier molecular flexibility index (Phi) is 3.40. The minimum atomic E-state index is -0.0698. The van der Waals surface area contributed by atoms with Gasteiger partial charge < -0.3 is 10.4 Å². The van der Waals surface area contributed by atoms with E-state index < -0.39 is 0 Å². The zero-order valence-corrected chi connectivity index (χ0v) is 7.57. The number of aromatic nitrogens is 2. The third kappa shape index (κ3) is 2.83. The molecule has 0 aliphatic heterocycles. The summed E-state index contributed by atoms with van der Waals surface area (Å²) in [5, 5.41) is 11.8. The van der Waals surface area contributed by atoms with Crippen LogP contribution in [0.3, 0.4) is 0 Å². The molecular formula is C9H13N3O. The van der Waals surface area contributed by atoms with Gasteiger partial charge in [0.2, 0.25) is 5.95 Å². The Morgan fingerprint density at radius 3 is 3.15 bits per heavy atom. The van der Waals surface area contributed by atoms with Gasteiger partial charge in [0.15, 0.2) is 0 Å². The molecule has 1 aromatic rings. The van der Waals surface area contributed by atoms with Gasteiger partial charge in [0.05, 0.1) is 12.3 Å². The maximum absolute atomic E-state index is 8.82. The molecule has 2 N–H and O–H groups in total. The summed E-state index contributed by atoms with van der Waals surface area (Å²) in [4.78, 5) is 8.05. The molecule has 13 heavy (non-hydrogen) atoms. The highest BCUT2D eigenvalue weighted by atomic mass is 16.3. The van der Waals surface area contributed by atoms with Gasteiger partial charge in [0.25, 0.3) is 0 Å². The van der Waals surface area contributed by atoms with E-state index in [1.54, 1.807) is 18.3 Å². The van der Waals surface area contributed by atoms with E-state index in [2.05, 4.69) is 21.9 Å². The maximum atomic E-state index is 8.82. The molecule has 1 atom stereocenters. The van der Waals surface area contributed by atoms with Crippen LogP contribution >= 0.6 is 0 Å². The Morgan fingerprint density at radius 1 is 1.77 bits per heavy atom. The molecule has 0 radical (unpaired) electrons. The van der Waals surface area contributed by atoms with Crippen molar-refractivity contribution in [1.82, 2.24) is 9.97 Å². The molecule has 4 heteroatoms. The first-order chi connectivity index (χ1) is 6.26. The van der Waals surface area contributed by atoms with Crippen LogP contribution in [0, 0.1) is 0 Å². The summed E-state index contributed by atoms with van der Waals surface area (Å²) in [7, 11) is 0. The lowest BCUT2D eigenvalue weighted by molar-refractivity contribution is 0.277. The molecule has 1 heterocycles. The highest BCUT2D eigenvalue weighted by Crippen LogP contribution is 2.02. The molecule has 0 aromatic carbocycles. The average molecular weight is 179 g/mol. The second-order valence-corrected chi connectivity index (χ2v) is 2.70. The molecule has 4 nitrogen and oxygen atoms in total.